The van der Waals surface area contributed by atoms with Crippen LogP contribution in [0, 0.1) is 16.7 Å². The van der Waals surface area contributed by atoms with E-state index in [1.54, 1.807) is 11.8 Å². The molecular formula is C14H21N3O3. The number of carbonyl (C=O) groups is 2. The Balaban J connectivity index is 1.79. The topological polar surface area (TPSA) is 82.4 Å². The van der Waals surface area contributed by atoms with E-state index in [1.165, 1.54) is 0 Å². The second-order valence-corrected chi connectivity index (χ2v) is 5.48. The van der Waals surface area contributed by atoms with Crippen LogP contribution < -0.4 is 5.32 Å². The van der Waals surface area contributed by atoms with Crippen LogP contribution in [-0.2, 0) is 9.53 Å². The third-order valence-corrected chi connectivity index (χ3v) is 4.21. The molecule has 1 heterocycles. The van der Waals surface area contributed by atoms with Gasteiger partial charge in [0.25, 0.3) is 0 Å². The van der Waals surface area contributed by atoms with E-state index in [1.807, 2.05) is 0 Å². The Morgan fingerprint density at radius 1 is 1.40 bits per heavy atom. The molecule has 2 fully saturated rings. The molecular weight excluding hydrogens is 258 g/mol. The summed E-state index contributed by atoms with van der Waals surface area (Å²) >= 11 is 0. The molecule has 1 aliphatic heterocycles. The first-order chi connectivity index (χ1) is 9.61. The number of amides is 2. The number of piperidine rings is 1. The smallest absolute Gasteiger partial charge is 0.409 e. The van der Waals surface area contributed by atoms with Crippen molar-refractivity contribution in [2.24, 2.45) is 5.41 Å². The summed E-state index contributed by atoms with van der Waals surface area (Å²) in [6.45, 7) is 3.33. The lowest BCUT2D eigenvalue weighted by Crippen LogP contribution is -2.52. The molecule has 2 rings (SSSR count). The number of hydrogen-bond donors (Lipinski definition) is 1. The quantitative estimate of drug-likeness (QED) is 0.847. The number of likely N-dealkylation sites (tertiary alicyclic amines) is 1. The van der Waals surface area contributed by atoms with Crippen LogP contribution in [0.4, 0.5) is 4.79 Å². The van der Waals surface area contributed by atoms with Gasteiger partial charge in [0, 0.05) is 19.1 Å². The van der Waals surface area contributed by atoms with Crippen molar-refractivity contribution in [2.45, 2.75) is 45.1 Å². The third kappa shape index (κ3) is 2.87. The van der Waals surface area contributed by atoms with Gasteiger partial charge in [-0.15, -0.1) is 0 Å². The molecule has 0 aromatic carbocycles. The van der Waals surface area contributed by atoms with Crippen molar-refractivity contribution in [3.63, 3.8) is 0 Å². The van der Waals surface area contributed by atoms with E-state index in [2.05, 4.69) is 11.4 Å². The molecule has 0 aromatic rings. The number of nitriles is 1. The van der Waals surface area contributed by atoms with Crippen LogP contribution >= 0.6 is 0 Å². The Kier molecular flexibility index (Phi) is 4.48. The van der Waals surface area contributed by atoms with E-state index in [-0.39, 0.29) is 18.0 Å². The molecule has 1 saturated heterocycles. The van der Waals surface area contributed by atoms with Gasteiger partial charge < -0.3 is 15.0 Å². The summed E-state index contributed by atoms with van der Waals surface area (Å²) in [6, 6.07) is 2.21. The van der Waals surface area contributed by atoms with E-state index in [0.717, 1.165) is 6.42 Å². The zero-order chi connectivity index (χ0) is 14.6. The molecule has 2 amide bonds. The van der Waals surface area contributed by atoms with E-state index in [0.29, 0.717) is 45.4 Å². The average Bonchev–Trinajstić information content (AvgIpc) is 2.39. The zero-order valence-electron chi connectivity index (χ0n) is 11.9. The van der Waals surface area contributed by atoms with E-state index in [9.17, 15) is 9.59 Å². The molecule has 20 heavy (non-hydrogen) atoms. The molecule has 0 unspecified atom stereocenters. The molecule has 1 saturated carbocycles. The highest BCUT2D eigenvalue weighted by Gasteiger charge is 2.45. The van der Waals surface area contributed by atoms with Gasteiger partial charge in [0.05, 0.1) is 12.7 Å². The molecule has 110 valence electrons. The molecule has 0 spiro atoms. The maximum absolute atomic E-state index is 12.1. The van der Waals surface area contributed by atoms with Gasteiger partial charge in [-0.25, -0.2) is 4.79 Å². The normalized spacial score (nSPS) is 21.5. The summed E-state index contributed by atoms with van der Waals surface area (Å²) in [6.07, 6.45) is 3.42. The second-order valence-electron chi connectivity index (χ2n) is 5.48. The van der Waals surface area contributed by atoms with Crippen molar-refractivity contribution in [1.82, 2.24) is 10.2 Å². The van der Waals surface area contributed by atoms with Crippen LogP contribution in [0.25, 0.3) is 0 Å². The lowest BCUT2D eigenvalue weighted by atomic mass is 9.69. The molecule has 0 atom stereocenters. The van der Waals surface area contributed by atoms with E-state index >= 15 is 0 Å². The number of rotatable bonds is 3. The van der Waals surface area contributed by atoms with Crippen molar-refractivity contribution < 1.29 is 14.3 Å². The Morgan fingerprint density at radius 2 is 2.05 bits per heavy atom. The van der Waals surface area contributed by atoms with Crippen molar-refractivity contribution in [1.29, 1.82) is 5.26 Å². The summed E-state index contributed by atoms with van der Waals surface area (Å²) < 4.78 is 4.95. The maximum Gasteiger partial charge on any atom is 0.409 e. The van der Waals surface area contributed by atoms with Gasteiger partial charge in [0.15, 0.2) is 0 Å². The maximum atomic E-state index is 12.1. The minimum Gasteiger partial charge on any atom is -0.450 e. The highest BCUT2D eigenvalue weighted by molar-refractivity contribution is 5.86. The Bertz CT molecular complexity index is 418. The van der Waals surface area contributed by atoms with Crippen LogP contribution in [0.3, 0.4) is 0 Å². The summed E-state index contributed by atoms with van der Waals surface area (Å²) in [4.78, 5) is 25.3. The highest BCUT2D eigenvalue weighted by atomic mass is 16.6. The highest BCUT2D eigenvalue weighted by Crippen LogP contribution is 2.40. The Morgan fingerprint density at radius 3 is 2.50 bits per heavy atom. The molecule has 0 radical (unpaired) electrons. The first-order valence-corrected chi connectivity index (χ1v) is 7.25. The fourth-order valence-corrected chi connectivity index (χ4v) is 2.66. The predicted octanol–water partition coefficient (Wildman–Crippen LogP) is 1.42. The standard InChI is InChI=1S/C14H21N3O3/c1-2-20-13(19)17-8-4-11(5-9-17)16-12(18)14(10-15)6-3-7-14/h11H,2-9H2,1H3,(H,16,18). The average molecular weight is 279 g/mol. The van der Waals surface area contributed by atoms with Crippen molar-refractivity contribution in [3.05, 3.63) is 0 Å². The van der Waals surface area contributed by atoms with Gasteiger partial charge in [-0.3, -0.25) is 4.79 Å². The number of nitrogens with one attached hydrogen (secondary N) is 1. The van der Waals surface area contributed by atoms with Gasteiger partial charge in [-0.2, -0.15) is 5.26 Å². The van der Waals surface area contributed by atoms with Gasteiger partial charge in [0.2, 0.25) is 5.91 Å². The van der Waals surface area contributed by atoms with E-state index < -0.39 is 5.41 Å². The third-order valence-electron chi connectivity index (χ3n) is 4.21. The number of hydrogen-bond acceptors (Lipinski definition) is 4. The van der Waals surface area contributed by atoms with Crippen molar-refractivity contribution in [3.8, 4) is 6.07 Å². The fourth-order valence-electron chi connectivity index (χ4n) is 2.66. The van der Waals surface area contributed by atoms with Gasteiger partial charge in [0.1, 0.15) is 5.41 Å². The second kappa shape index (κ2) is 6.12. The molecule has 1 N–H and O–H groups in total. The number of ether oxygens (including phenoxy) is 1. The summed E-state index contributed by atoms with van der Waals surface area (Å²) in [5, 5.41) is 12.1. The minimum atomic E-state index is -0.793. The number of nitrogens with zero attached hydrogens (tertiary/aromatic N) is 2. The van der Waals surface area contributed by atoms with Gasteiger partial charge >= 0.3 is 6.09 Å². The monoisotopic (exact) mass is 279 g/mol. The molecule has 6 heteroatoms. The predicted molar refractivity (Wildman–Crippen MR) is 71.7 cm³/mol. The fraction of sp³-hybridized carbons (Fsp3) is 0.786. The number of carbonyl (C=O) groups excluding carboxylic acids is 2. The van der Waals surface area contributed by atoms with Crippen LogP contribution in [0.5, 0.6) is 0 Å². The zero-order valence-corrected chi connectivity index (χ0v) is 11.9. The largest absolute Gasteiger partial charge is 0.450 e. The molecule has 0 bridgehead atoms. The molecule has 2 aliphatic rings. The van der Waals surface area contributed by atoms with Crippen molar-refractivity contribution >= 4 is 12.0 Å². The van der Waals surface area contributed by atoms with E-state index in [4.69, 9.17) is 10.00 Å². The summed E-state index contributed by atoms with van der Waals surface area (Å²) in [5.74, 6) is -0.138. The summed E-state index contributed by atoms with van der Waals surface area (Å²) in [7, 11) is 0. The first-order valence-electron chi connectivity index (χ1n) is 7.25. The SMILES string of the molecule is CCOC(=O)N1CCC(NC(=O)C2(C#N)CCC2)CC1. The first kappa shape index (κ1) is 14.6. The van der Waals surface area contributed by atoms with Crippen molar-refractivity contribution in [2.75, 3.05) is 19.7 Å². The van der Waals surface area contributed by atoms with Crippen LogP contribution in [0.2, 0.25) is 0 Å². The molecule has 0 aromatic heterocycles. The van der Waals surface area contributed by atoms with Crippen LogP contribution in [0.15, 0.2) is 0 Å². The lowest BCUT2D eigenvalue weighted by molar-refractivity contribution is -0.132. The molecule has 1 aliphatic carbocycles. The Hall–Kier alpha value is -1.77. The van der Waals surface area contributed by atoms with Crippen LogP contribution in [-0.4, -0.2) is 42.6 Å². The van der Waals surface area contributed by atoms with Crippen LogP contribution in [0.1, 0.15) is 39.0 Å². The molecule has 6 nitrogen and oxygen atoms in total. The minimum absolute atomic E-state index is 0.0546. The lowest BCUT2D eigenvalue weighted by Gasteiger charge is -2.37. The van der Waals surface area contributed by atoms with Gasteiger partial charge in [-0.1, -0.05) is 0 Å². The van der Waals surface area contributed by atoms with Gasteiger partial charge in [-0.05, 0) is 39.0 Å². The Labute approximate surface area is 119 Å². The summed E-state index contributed by atoms with van der Waals surface area (Å²) in [5.41, 5.74) is -0.793.